The van der Waals surface area contributed by atoms with Gasteiger partial charge in [0.1, 0.15) is 0 Å². The number of fused-ring (bicyclic) bond motifs is 3. The molecule has 2 aromatic rings. The topological polar surface area (TPSA) is 58.4 Å². The van der Waals surface area contributed by atoms with E-state index in [1.807, 2.05) is 25.2 Å². The van der Waals surface area contributed by atoms with Crippen molar-refractivity contribution in [2.45, 2.75) is 5.03 Å². The molecule has 1 unspecified atom stereocenters. The summed E-state index contributed by atoms with van der Waals surface area (Å²) in [6, 6.07) is 8.14. The zero-order valence-electron chi connectivity index (χ0n) is 12.4. The van der Waals surface area contributed by atoms with Gasteiger partial charge in [0.05, 0.1) is 17.1 Å². The number of thioether (sulfide) groups is 1. The molecule has 114 valence electrons. The van der Waals surface area contributed by atoms with Crippen molar-refractivity contribution in [1.82, 2.24) is 15.2 Å². The number of para-hydroxylation sites is 1. The van der Waals surface area contributed by atoms with Crippen LogP contribution >= 0.6 is 11.8 Å². The third-order valence-corrected chi connectivity index (χ3v) is 5.60. The lowest BCUT2D eigenvalue weighted by Gasteiger charge is -2.22. The Balaban J connectivity index is 1.63. The second-order valence-electron chi connectivity index (χ2n) is 5.67. The average molecular weight is 314 g/mol. The number of aromatic nitrogens is 1. The van der Waals surface area contributed by atoms with Gasteiger partial charge in [0.2, 0.25) is 0 Å². The lowest BCUT2D eigenvalue weighted by atomic mass is 9.98. The molecular formula is C16H18N4OS. The van der Waals surface area contributed by atoms with Crippen molar-refractivity contribution < 1.29 is 4.79 Å². The van der Waals surface area contributed by atoms with Gasteiger partial charge in [-0.05, 0) is 6.07 Å². The Morgan fingerprint density at radius 3 is 3.14 bits per heavy atom. The Kier molecular flexibility index (Phi) is 3.33. The second kappa shape index (κ2) is 5.35. The molecule has 0 spiro atoms. The lowest BCUT2D eigenvalue weighted by molar-refractivity contribution is 0.0929. The maximum atomic E-state index is 12.9. The van der Waals surface area contributed by atoms with E-state index in [0.717, 1.165) is 46.3 Å². The highest BCUT2D eigenvalue weighted by Gasteiger charge is 2.32. The molecule has 0 radical (unpaired) electrons. The van der Waals surface area contributed by atoms with E-state index in [4.69, 9.17) is 0 Å². The number of benzene rings is 1. The number of nitrogens with one attached hydrogen (secondary N) is 2. The molecule has 1 aromatic carbocycles. The van der Waals surface area contributed by atoms with Gasteiger partial charge in [-0.2, -0.15) is 0 Å². The Morgan fingerprint density at radius 1 is 1.45 bits per heavy atom. The van der Waals surface area contributed by atoms with Crippen LogP contribution in [0.5, 0.6) is 0 Å². The standard InChI is InChI=1S/C16H18N4OS/c1-20-12-5-3-2-4-11(12)13-14(21)10(9-22-15(13)20)8-19-16-17-6-7-18-16/h2-5,10H,6-9H2,1H3,(H2,17,18,19). The van der Waals surface area contributed by atoms with Crippen LogP contribution in [0.1, 0.15) is 10.4 Å². The van der Waals surface area contributed by atoms with Crippen LogP contribution in [-0.2, 0) is 7.05 Å². The van der Waals surface area contributed by atoms with Crippen molar-refractivity contribution in [3.63, 3.8) is 0 Å². The average Bonchev–Trinajstić information content (AvgIpc) is 3.15. The number of hydrogen-bond acceptors (Lipinski definition) is 5. The summed E-state index contributed by atoms with van der Waals surface area (Å²) in [4.78, 5) is 17.2. The zero-order valence-corrected chi connectivity index (χ0v) is 13.2. The number of carbonyl (C=O) groups excluding carboxylic acids is 1. The van der Waals surface area contributed by atoms with Gasteiger partial charge in [-0.1, -0.05) is 18.2 Å². The van der Waals surface area contributed by atoms with E-state index in [-0.39, 0.29) is 11.7 Å². The number of carbonyl (C=O) groups is 1. The number of aryl methyl sites for hydroxylation is 1. The molecule has 0 aliphatic carbocycles. The molecule has 0 saturated carbocycles. The number of rotatable bonds is 2. The number of guanidine groups is 1. The maximum absolute atomic E-state index is 12.9. The van der Waals surface area contributed by atoms with Gasteiger partial charge in [0, 0.05) is 42.7 Å². The first-order chi connectivity index (χ1) is 10.8. The summed E-state index contributed by atoms with van der Waals surface area (Å²) in [7, 11) is 2.04. The molecule has 0 amide bonds. The highest BCUT2D eigenvalue weighted by Crippen LogP contribution is 2.39. The van der Waals surface area contributed by atoms with E-state index in [2.05, 4.69) is 26.3 Å². The molecule has 3 heterocycles. The lowest BCUT2D eigenvalue weighted by Crippen LogP contribution is -2.40. The smallest absolute Gasteiger partial charge is 0.191 e. The van der Waals surface area contributed by atoms with E-state index >= 15 is 0 Å². The largest absolute Gasteiger partial charge is 0.356 e. The number of hydrogen-bond donors (Lipinski definition) is 2. The summed E-state index contributed by atoms with van der Waals surface area (Å²) in [5.74, 6) is 1.88. The molecule has 6 heteroatoms. The molecule has 22 heavy (non-hydrogen) atoms. The quantitative estimate of drug-likeness (QED) is 0.885. The fourth-order valence-corrected chi connectivity index (χ4v) is 4.40. The third-order valence-electron chi connectivity index (χ3n) is 4.28. The van der Waals surface area contributed by atoms with E-state index in [1.165, 1.54) is 0 Å². The molecule has 2 N–H and O–H groups in total. The highest BCUT2D eigenvalue weighted by molar-refractivity contribution is 7.99. The fourth-order valence-electron chi connectivity index (χ4n) is 3.12. The summed E-state index contributed by atoms with van der Waals surface area (Å²) < 4.78 is 2.14. The van der Waals surface area contributed by atoms with Gasteiger partial charge in [-0.25, -0.2) is 0 Å². The minimum Gasteiger partial charge on any atom is -0.356 e. The van der Waals surface area contributed by atoms with E-state index < -0.39 is 0 Å². The molecule has 0 saturated heterocycles. The summed E-state index contributed by atoms with van der Waals surface area (Å²) in [6.45, 7) is 2.33. The number of aliphatic imine (C=N–C) groups is 1. The van der Waals surface area contributed by atoms with Crippen LogP contribution < -0.4 is 10.6 Å². The second-order valence-corrected chi connectivity index (χ2v) is 6.68. The first-order valence-electron chi connectivity index (χ1n) is 7.52. The molecule has 1 aromatic heterocycles. The van der Waals surface area contributed by atoms with Gasteiger partial charge in [-0.15, -0.1) is 11.8 Å². The normalized spacial score (nSPS) is 20.7. The first-order valence-corrected chi connectivity index (χ1v) is 8.51. The van der Waals surface area contributed by atoms with Gasteiger partial charge < -0.3 is 15.2 Å². The Morgan fingerprint density at radius 2 is 2.32 bits per heavy atom. The molecule has 4 rings (SSSR count). The van der Waals surface area contributed by atoms with Crippen LogP contribution in [0.3, 0.4) is 0 Å². The predicted octanol–water partition coefficient (Wildman–Crippen LogP) is 1.63. The molecule has 0 fully saturated rings. The van der Waals surface area contributed by atoms with E-state index in [0.29, 0.717) is 6.54 Å². The molecular weight excluding hydrogens is 296 g/mol. The van der Waals surface area contributed by atoms with Crippen LogP contribution in [0.2, 0.25) is 0 Å². The SMILES string of the molecule is Cn1c2c(c3ccccc31)C(=O)C(CNC1=NCCN1)CS2. The van der Waals surface area contributed by atoms with Gasteiger partial charge in [-0.3, -0.25) is 9.79 Å². The minimum absolute atomic E-state index is 0.00611. The Hall–Kier alpha value is -1.95. The monoisotopic (exact) mass is 314 g/mol. The number of ketones is 1. The summed E-state index contributed by atoms with van der Waals surface area (Å²) in [5.41, 5.74) is 2.02. The van der Waals surface area contributed by atoms with Crippen molar-refractivity contribution in [1.29, 1.82) is 0 Å². The highest BCUT2D eigenvalue weighted by atomic mass is 32.2. The van der Waals surface area contributed by atoms with Gasteiger partial charge in [0.15, 0.2) is 11.7 Å². The van der Waals surface area contributed by atoms with Crippen LogP contribution in [-0.4, -0.2) is 41.7 Å². The van der Waals surface area contributed by atoms with Crippen molar-refractivity contribution in [3.8, 4) is 0 Å². The zero-order chi connectivity index (χ0) is 15.1. The van der Waals surface area contributed by atoms with E-state index in [9.17, 15) is 4.79 Å². The van der Waals surface area contributed by atoms with Gasteiger partial charge in [0.25, 0.3) is 0 Å². The van der Waals surface area contributed by atoms with Crippen LogP contribution in [0.25, 0.3) is 10.9 Å². The first kappa shape index (κ1) is 13.7. The fraction of sp³-hybridized carbons (Fsp3) is 0.375. The van der Waals surface area contributed by atoms with Crippen molar-refractivity contribution >= 4 is 34.4 Å². The molecule has 2 aliphatic heterocycles. The maximum Gasteiger partial charge on any atom is 0.191 e. The predicted molar refractivity (Wildman–Crippen MR) is 89.8 cm³/mol. The molecule has 5 nitrogen and oxygen atoms in total. The summed E-state index contributed by atoms with van der Waals surface area (Å²) in [5, 5.41) is 8.61. The number of Topliss-reactive ketones (excluding diaryl/α,β-unsaturated/α-hetero) is 1. The minimum atomic E-state index is -0.00611. The van der Waals surface area contributed by atoms with Crippen molar-refractivity contribution in [2.24, 2.45) is 18.0 Å². The van der Waals surface area contributed by atoms with Crippen molar-refractivity contribution in [2.75, 3.05) is 25.4 Å². The summed E-state index contributed by atoms with van der Waals surface area (Å²) in [6.07, 6.45) is 0. The van der Waals surface area contributed by atoms with E-state index in [1.54, 1.807) is 11.8 Å². The Bertz CT molecular complexity index is 780. The third kappa shape index (κ3) is 2.09. The van der Waals surface area contributed by atoms with Gasteiger partial charge >= 0.3 is 0 Å². The summed E-state index contributed by atoms with van der Waals surface area (Å²) >= 11 is 1.78. The molecule has 2 aliphatic rings. The molecule has 1 atom stereocenters. The van der Waals surface area contributed by atoms with Crippen LogP contribution in [0.4, 0.5) is 0 Å². The Labute approximate surface area is 133 Å². The van der Waals surface area contributed by atoms with Crippen LogP contribution in [0, 0.1) is 5.92 Å². The van der Waals surface area contributed by atoms with Crippen molar-refractivity contribution in [3.05, 3.63) is 29.8 Å². The van der Waals surface area contributed by atoms with Crippen LogP contribution in [0.15, 0.2) is 34.3 Å². The molecule has 0 bridgehead atoms. The number of nitrogens with zero attached hydrogens (tertiary/aromatic N) is 2.